The second-order valence-corrected chi connectivity index (χ2v) is 4.48. The zero-order valence-corrected chi connectivity index (χ0v) is 10.6. The van der Waals surface area contributed by atoms with Crippen LogP contribution in [0.1, 0.15) is 16.2 Å². The molecule has 20 heavy (non-hydrogen) atoms. The number of nitrogens with zero attached hydrogens (tertiary/aromatic N) is 1. The minimum atomic E-state index is -0.457. The number of hydrogen-bond acceptors (Lipinski definition) is 3. The van der Waals surface area contributed by atoms with E-state index in [2.05, 4.69) is 9.97 Å². The second-order valence-electron chi connectivity index (χ2n) is 4.48. The summed E-state index contributed by atoms with van der Waals surface area (Å²) < 4.78 is 0. The monoisotopic (exact) mass is 267 g/mol. The molecular formula is C15H13N3O2. The zero-order valence-electron chi connectivity index (χ0n) is 10.6. The van der Waals surface area contributed by atoms with E-state index in [1.165, 1.54) is 0 Å². The molecule has 4 N–H and O–H groups in total. The van der Waals surface area contributed by atoms with E-state index in [4.69, 9.17) is 10.8 Å². The van der Waals surface area contributed by atoms with Crippen LogP contribution in [0.5, 0.6) is 0 Å². The second kappa shape index (κ2) is 4.79. The number of hydrogen-bond donors (Lipinski definition) is 3. The molecule has 5 heteroatoms. The number of aromatic amines is 1. The van der Waals surface area contributed by atoms with Gasteiger partial charge < -0.3 is 15.8 Å². The van der Waals surface area contributed by atoms with Gasteiger partial charge in [-0.25, -0.2) is 4.98 Å². The summed E-state index contributed by atoms with van der Waals surface area (Å²) in [5, 5.41) is 9.09. The summed E-state index contributed by atoms with van der Waals surface area (Å²) in [6.45, 7) is -0.137. The molecule has 0 saturated carbocycles. The first-order chi connectivity index (χ1) is 9.69. The SMILES string of the molecule is NC(=O)c1ccccc1-c1ccc2nc(CO)[nH]c2c1. The average molecular weight is 267 g/mol. The molecule has 0 radical (unpaired) electrons. The number of H-pyrrole nitrogens is 1. The summed E-state index contributed by atoms with van der Waals surface area (Å²) >= 11 is 0. The molecule has 0 bridgehead atoms. The largest absolute Gasteiger partial charge is 0.388 e. The highest BCUT2D eigenvalue weighted by Gasteiger charge is 2.10. The van der Waals surface area contributed by atoms with E-state index < -0.39 is 5.91 Å². The molecule has 0 spiro atoms. The van der Waals surface area contributed by atoms with E-state index in [-0.39, 0.29) is 6.61 Å². The first-order valence-corrected chi connectivity index (χ1v) is 6.18. The molecule has 1 aromatic heterocycles. The normalized spacial score (nSPS) is 10.8. The Hall–Kier alpha value is -2.66. The van der Waals surface area contributed by atoms with E-state index >= 15 is 0 Å². The lowest BCUT2D eigenvalue weighted by Crippen LogP contribution is -2.12. The Kier molecular flexibility index (Phi) is 2.96. The van der Waals surface area contributed by atoms with Crippen LogP contribution in [0.2, 0.25) is 0 Å². The van der Waals surface area contributed by atoms with Gasteiger partial charge in [-0.05, 0) is 29.3 Å². The first-order valence-electron chi connectivity index (χ1n) is 6.18. The van der Waals surface area contributed by atoms with Crippen molar-refractivity contribution >= 4 is 16.9 Å². The third kappa shape index (κ3) is 2.04. The maximum absolute atomic E-state index is 11.5. The number of primary amides is 1. The number of aromatic nitrogens is 2. The maximum Gasteiger partial charge on any atom is 0.249 e. The van der Waals surface area contributed by atoms with Crippen molar-refractivity contribution in [3.63, 3.8) is 0 Å². The highest BCUT2D eigenvalue weighted by atomic mass is 16.3. The van der Waals surface area contributed by atoms with Crippen LogP contribution >= 0.6 is 0 Å². The summed E-state index contributed by atoms with van der Waals surface area (Å²) in [5.41, 5.74) is 9.12. The van der Waals surface area contributed by atoms with E-state index in [0.29, 0.717) is 11.4 Å². The molecule has 5 nitrogen and oxygen atoms in total. The van der Waals surface area contributed by atoms with Gasteiger partial charge in [-0.3, -0.25) is 4.79 Å². The molecule has 100 valence electrons. The van der Waals surface area contributed by atoms with Gasteiger partial charge in [0, 0.05) is 5.56 Å². The summed E-state index contributed by atoms with van der Waals surface area (Å²) in [5.74, 6) is 0.0571. The van der Waals surface area contributed by atoms with Gasteiger partial charge in [0.05, 0.1) is 11.0 Å². The fraction of sp³-hybridized carbons (Fsp3) is 0.0667. The van der Waals surface area contributed by atoms with Crippen LogP contribution in [0.15, 0.2) is 42.5 Å². The van der Waals surface area contributed by atoms with Crippen molar-refractivity contribution in [2.24, 2.45) is 5.73 Å². The van der Waals surface area contributed by atoms with Gasteiger partial charge in [0.1, 0.15) is 12.4 Å². The molecule has 3 rings (SSSR count). The number of nitrogens with two attached hydrogens (primary N) is 1. The number of carbonyl (C=O) groups is 1. The number of aliphatic hydroxyl groups is 1. The number of imidazole rings is 1. The Balaban J connectivity index is 2.17. The van der Waals surface area contributed by atoms with E-state index in [0.717, 1.165) is 22.2 Å². The van der Waals surface area contributed by atoms with Crippen molar-refractivity contribution in [3.05, 3.63) is 53.9 Å². The number of fused-ring (bicyclic) bond motifs is 1. The summed E-state index contributed by atoms with van der Waals surface area (Å²) in [6.07, 6.45) is 0. The van der Waals surface area contributed by atoms with Crippen LogP contribution in [0.4, 0.5) is 0 Å². The number of amides is 1. The smallest absolute Gasteiger partial charge is 0.249 e. The lowest BCUT2D eigenvalue weighted by atomic mass is 9.99. The number of carbonyl (C=O) groups excluding carboxylic acids is 1. The molecule has 0 unspecified atom stereocenters. The number of nitrogens with one attached hydrogen (secondary N) is 1. The van der Waals surface area contributed by atoms with Crippen LogP contribution < -0.4 is 5.73 Å². The van der Waals surface area contributed by atoms with E-state index in [9.17, 15) is 4.79 Å². The van der Waals surface area contributed by atoms with Gasteiger partial charge in [-0.2, -0.15) is 0 Å². The summed E-state index contributed by atoms with van der Waals surface area (Å²) in [7, 11) is 0. The Morgan fingerprint density at radius 1 is 1.25 bits per heavy atom. The average Bonchev–Trinajstić information content (AvgIpc) is 2.89. The highest BCUT2D eigenvalue weighted by molar-refractivity contribution is 6.00. The molecule has 0 aliphatic rings. The van der Waals surface area contributed by atoms with Crippen LogP contribution in [0.25, 0.3) is 22.2 Å². The lowest BCUT2D eigenvalue weighted by Gasteiger charge is -2.06. The topological polar surface area (TPSA) is 92.0 Å². The highest BCUT2D eigenvalue weighted by Crippen LogP contribution is 2.26. The molecule has 0 aliphatic carbocycles. The number of rotatable bonds is 3. The van der Waals surface area contributed by atoms with Crippen LogP contribution in [0, 0.1) is 0 Å². The Bertz CT molecular complexity index is 793. The predicted molar refractivity (Wildman–Crippen MR) is 76.0 cm³/mol. The molecule has 0 atom stereocenters. The van der Waals surface area contributed by atoms with Crippen molar-refractivity contribution < 1.29 is 9.90 Å². The Morgan fingerprint density at radius 3 is 2.80 bits per heavy atom. The van der Waals surface area contributed by atoms with Crippen molar-refractivity contribution in [2.45, 2.75) is 6.61 Å². The molecular weight excluding hydrogens is 254 g/mol. The fourth-order valence-electron chi connectivity index (χ4n) is 2.25. The third-order valence-electron chi connectivity index (χ3n) is 3.18. The Labute approximate surface area is 115 Å². The van der Waals surface area contributed by atoms with Gasteiger partial charge in [0.15, 0.2) is 0 Å². The van der Waals surface area contributed by atoms with Crippen molar-refractivity contribution in [1.82, 2.24) is 9.97 Å². The van der Waals surface area contributed by atoms with Gasteiger partial charge >= 0.3 is 0 Å². The molecule has 3 aromatic rings. The van der Waals surface area contributed by atoms with Crippen LogP contribution in [0.3, 0.4) is 0 Å². The third-order valence-corrected chi connectivity index (χ3v) is 3.18. The molecule has 1 amide bonds. The molecule has 1 heterocycles. The Morgan fingerprint density at radius 2 is 2.05 bits per heavy atom. The first kappa shape index (κ1) is 12.4. The van der Waals surface area contributed by atoms with Crippen molar-refractivity contribution in [3.8, 4) is 11.1 Å². The number of aliphatic hydroxyl groups excluding tert-OH is 1. The quantitative estimate of drug-likeness (QED) is 0.676. The van der Waals surface area contributed by atoms with Gasteiger partial charge in [-0.1, -0.05) is 24.3 Å². The molecule has 0 saturated heterocycles. The van der Waals surface area contributed by atoms with Crippen LogP contribution in [-0.2, 0) is 6.61 Å². The standard InChI is InChI=1S/C15H13N3O2/c16-15(20)11-4-2-1-3-10(11)9-5-6-12-13(7-9)18-14(8-19)17-12/h1-7,19H,8H2,(H2,16,20)(H,17,18). The summed E-state index contributed by atoms with van der Waals surface area (Å²) in [6, 6.07) is 12.8. The van der Waals surface area contributed by atoms with Crippen molar-refractivity contribution in [1.29, 1.82) is 0 Å². The molecule has 2 aromatic carbocycles. The van der Waals surface area contributed by atoms with Crippen LogP contribution in [-0.4, -0.2) is 21.0 Å². The van der Waals surface area contributed by atoms with Crippen molar-refractivity contribution in [2.75, 3.05) is 0 Å². The predicted octanol–water partition coefficient (Wildman–Crippen LogP) is 1.82. The minimum Gasteiger partial charge on any atom is -0.388 e. The molecule has 0 aliphatic heterocycles. The molecule has 0 fully saturated rings. The summed E-state index contributed by atoms with van der Waals surface area (Å²) in [4.78, 5) is 18.7. The van der Waals surface area contributed by atoms with E-state index in [1.807, 2.05) is 30.3 Å². The zero-order chi connectivity index (χ0) is 14.1. The van der Waals surface area contributed by atoms with Gasteiger partial charge in [-0.15, -0.1) is 0 Å². The van der Waals surface area contributed by atoms with Gasteiger partial charge in [0.2, 0.25) is 5.91 Å². The maximum atomic E-state index is 11.5. The lowest BCUT2D eigenvalue weighted by molar-refractivity contribution is 0.100. The minimum absolute atomic E-state index is 0.137. The van der Waals surface area contributed by atoms with Gasteiger partial charge in [0.25, 0.3) is 0 Å². The number of benzene rings is 2. The fourth-order valence-corrected chi connectivity index (χ4v) is 2.25. The van der Waals surface area contributed by atoms with E-state index in [1.54, 1.807) is 12.1 Å².